The second-order valence-electron chi connectivity index (χ2n) is 7.54. The normalized spacial score (nSPS) is 12.4. The number of hydrogen-bond acceptors (Lipinski definition) is 2. The molecule has 3 heteroatoms. The fourth-order valence-electron chi connectivity index (χ4n) is 3.49. The van der Waals surface area contributed by atoms with E-state index in [2.05, 4.69) is 79.7 Å². The molecule has 158 valence electrons. The maximum atomic E-state index is 11.3. The van der Waals surface area contributed by atoms with Gasteiger partial charge in [-0.1, -0.05) is 115 Å². The molecule has 4 aromatic carbocycles. The van der Waals surface area contributed by atoms with Crippen molar-refractivity contribution in [1.29, 1.82) is 0 Å². The summed E-state index contributed by atoms with van der Waals surface area (Å²) in [7, 11) is 0. The molecular weight excluding hydrogens is 412 g/mol. The highest BCUT2D eigenvalue weighted by atomic mass is 32.2. The van der Waals surface area contributed by atoms with Crippen LogP contribution in [0.15, 0.2) is 102 Å². The van der Waals surface area contributed by atoms with Gasteiger partial charge in [0, 0.05) is 4.90 Å². The third-order valence-electron chi connectivity index (χ3n) is 5.35. The van der Waals surface area contributed by atoms with Crippen molar-refractivity contribution in [3.05, 3.63) is 125 Å². The molecule has 0 radical (unpaired) electrons. The minimum Gasteiger partial charge on any atom is -0.768 e. The molecule has 0 spiro atoms. The lowest BCUT2D eigenvalue weighted by atomic mass is 10.0. The van der Waals surface area contributed by atoms with E-state index < -0.39 is 11.1 Å². The van der Waals surface area contributed by atoms with Crippen LogP contribution in [0.1, 0.15) is 27.8 Å². The minimum atomic E-state index is -2.25. The van der Waals surface area contributed by atoms with E-state index in [4.69, 9.17) is 0 Å². The summed E-state index contributed by atoms with van der Waals surface area (Å²) in [5.41, 5.74) is 7.63. The topological polar surface area (TPSA) is 40.1 Å². The van der Waals surface area contributed by atoms with Crippen LogP contribution in [0.4, 0.5) is 0 Å². The zero-order valence-electron chi connectivity index (χ0n) is 17.8. The Morgan fingerprint density at radius 2 is 1.06 bits per heavy atom. The van der Waals surface area contributed by atoms with Crippen LogP contribution in [-0.2, 0) is 11.1 Å². The molecule has 32 heavy (non-hydrogen) atoms. The van der Waals surface area contributed by atoms with Gasteiger partial charge >= 0.3 is 0 Å². The second-order valence-corrected chi connectivity index (χ2v) is 8.45. The molecule has 0 amide bonds. The molecule has 0 fully saturated rings. The van der Waals surface area contributed by atoms with E-state index in [0.717, 1.165) is 22.3 Å². The molecule has 0 aliphatic carbocycles. The highest BCUT2D eigenvalue weighted by Gasteiger charge is 2.00. The van der Waals surface area contributed by atoms with Crippen molar-refractivity contribution in [1.82, 2.24) is 0 Å². The summed E-state index contributed by atoms with van der Waals surface area (Å²) in [6.07, 6.45) is 8.03. The molecule has 0 heterocycles. The monoisotopic (exact) mass is 435 g/mol. The van der Waals surface area contributed by atoms with E-state index in [1.165, 1.54) is 11.1 Å². The van der Waals surface area contributed by atoms with Crippen LogP contribution in [0.2, 0.25) is 0 Å². The summed E-state index contributed by atoms with van der Waals surface area (Å²) in [4.78, 5) is 0.303. The van der Waals surface area contributed by atoms with Gasteiger partial charge in [0.15, 0.2) is 0 Å². The van der Waals surface area contributed by atoms with Gasteiger partial charge in [-0.3, -0.25) is 4.21 Å². The largest absolute Gasteiger partial charge is 0.768 e. The average molecular weight is 436 g/mol. The Kier molecular flexibility index (Phi) is 6.90. The fraction of sp³-hybridized carbons (Fsp3) is 0.0345. The molecule has 2 nitrogen and oxygen atoms in total. The Labute approximate surface area is 191 Å². The van der Waals surface area contributed by atoms with E-state index in [1.807, 2.05) is 30.4 Å². The molecule has 4 aromatic rings. The van der Waals surface area contributed by atoms with Crippen molar-refractivity contribution >= 4 is 35.4 Å². The predicted molar refractivity (Wildman–Crippen MR) is 135 cm³/mol. The summed E-state index contributed by atoms with van der Waals surface area (Å²) < 4.78 is 22.7. The maximum absolute atomic E-state index is 11.3. The Morgan fingerprint density at radius 1 is 0.594 bits per heavy atom. The molecule has 1 unspecified atom stereocenters. The second kappa shape index (κ2) is 10.2. The predicted octanol–water partition coefficient (Wildman–Crippen LogP) is 7.24. The standard InChI is InChI=1S/C29H24O2S/c1-22-6-2-3-7-25(22)16-10-23-11-17-26(18-12-23)27-19-13-24(14-20-27)15-21-28-8-4-5-9-29(28)32(30)31/h2-21H,1H3,(H,30,31)/p-1. The van der Waals surface area contributed by atoms with Crippen LogP contribution in [0.25, 0.3) is 35.4 Å². The van der Waals surface area contributed by atoms with E-state index in [9.17, 15) is 8.76 Å². The van der Waals surface area contributed by atoms with Gasteiger partial charge in [0.1, 0.15) is 0 Å². The summed E-state index contributed by atoms with van der Waals surface area (Å²) >= 11 is -2.25. The minimum absolute atomic E-state index is 0.303. The van der Waals surface area contributed by atoms with Crippen molar-refractivity contribution in [2.75, 3.05) is 0 Å². The number of aryl methyl sites for hydroxylation is 1. The molecule has 0 saturated carbocycles. The first-order chi connectivity index (χ1) is 15.6. The van der Waals surface area contributed by atoms with Crippen molar-refractivity contribution < 1.29 is 8.76 Å². The number of hydrogen-bond donors (Lipinski definition) is 0. The van der Waals surface area contributed by atoms with Crippen LogP contribution >= 0.6 is 0 Å². The number of rotatable bonds is 6. The Hall–Kier alpha value is -3.53. The first-order valence-electron chi connectivity index (χ1n) is 10.4. The van der Waals surface area contributed by atoms with Gasteiger partial charge in [0.25, 0.3) is 0 Å². The molecule has 0 N–H and O–H groups in total. The quantitative estimate of drug-likeness (QED) is 0.236. The molecule has 4 rings (SSSR count). The first kappa shape index (κ1) is 21.7. The van der Waals surface area contributed by atoms with E-state index >= 15 is 0 Å². The van der Waals surface area contributed by atoms with Crippen LogP contribution in [0.3, 0.4) is 0 Å². The Morgan fingerprint density at radius 3 is 1.59 bits per heavy atom. The van der Waals surface area contributed by atoms with E-state index in [-0.39, 0.29) is 0 Å². The van der Waals surface area contributed by atoms with Gasteiger partial charge in [0.2, 0.25) is 0 Å². The van der Waals surface area contributed by atoms with Gasteiger partial charge in [-0.25, -0.2) is 0 Å². The zero-order chi connectivity index (χ0) is 22.3. The summed E-state index contributed by atoms with van der Waals surface area (Å²) in [5, 5.41) is 0. The van der Waals surface area contributed by atoms with E-state index in [1.54, 1.807) is 18.2 Å². The first-order valence-corrected chi connectivity index (χ1v) is 11.5. The number of benzene rings is 4. The highest BCUT2D eigenvalue weighted by Crippen LogP contribution is 2.23. The van der Waals surface area contributed by atoms with E-state index in [0.29, 0.717) is 10.5 Å². The van der Waals surface area contributed by atoms with Crippen LogP contribution in [0.5, 0.6) is 0 Å². The zero-order valence-corrected chi connectivity index (χ0v) is 18.6. The lowest BCUT2D eigenvalue weighted by molar-refractivity contribution is 0.537. The molecule has 0 aromatic heterocycles. The van der Waals surface area contributed by atoms with Crippen molar-refractivity contribution in [2.24, 2.45) is 0 Å². The van der Waals surface area contributed by atoms with Crippen LogP contribution in [-0.4, -0.2) is 8.76 Å². The molecule has 0 bridgehead atoms. The third kappa shape index (κ3) is 5.38. The fourth-order valence-corrected chi connectivity index (χ4v) is 4.01. The van der Waals surface area contributed by atoms with Crippen LogP contribution < -0.4 is 0 Å². The molecular formula is C29H23O2S-. The van der Waals surface area contributed by atoms with Crippen molar-refractivity contribution in [2.45, 2.75) is 11.8 Å². The molecule has 1 atom stereocenters. The SMILES string of the molecule is Cc1ccccc1C=Cc1ccc(-c2ccc(C=Cc3ccccc3S(=O)[O-])cc2)cc1. The lowest BCUT2D eigenvalue weighted by Crippen LogP contribution is -1.91. The third-order valence-corrected chi connectivity index (χ3v) is 6.08. The summed E-state index contributed by atoms with van der Waals surface area (Å²) in [5.74, 6) is 0. The average Bonchev–Trinajstić information content (AvgIpc) is 2.83. The van der Waals surface area contributed by atoms with Gasteiger partial charge in [0.05, 0.1) is 0 Å². The molecule has 0 aliphatic rings. The summed E-state index contributed by atoms with van der Waals surface area (Å²) in [6, 6.07) is 32.0. The molecule has 0 aliphatic heterocycles. The smallest absolute Gasteiger partial charge is 0.0321 e. The summed E-state index contributed by atoms with van der Waals surface area (Å²) in [6.45, 7) is 2.12. The van der Waals surface area contributed by atoms with Gasteiger partial charge < -0.3 is 4.55 Å². The van der Waals surface area contributed by atoms with Crippen LogP contribution in [0, 0.1) is 6.92 Å². The van der Waals surface area contributed by atoms with Crippen molar-refractivity contribution in [3.8, 4) is 11.1 Å². The van der Waals surface area contributed by atoms with Gasteiger partial charge in [-0.05, 0) is 63.0 Å². The van der Waals surface area contributed by atoms with Crippen molar-refractivity contribution in [3.63, 3.8) is 0 Å². The highest BCUT2D eigenvalue weighted by molar-refractivity contribution is 7.79. The van der Waals surface area contributed by atoms with Gasteiger partial charge in [-0.2, -0.15) is 0 Å². The van der Waals surface area contributed by atoms with Gasteiger partial charge in [-0.15, -0.1) is 0 Å². The Bertz CT molecular complexity index is 1280. The maximum Gasteiger partial charge on any atom is 0.0321 e. The lowest BCUT2D eigenvalue weighted by Gasteiger charge is -2.08. The molecule has 0 saturated heterocycles. The Balaban J connectivity index is 1.46.